The van der Waals surface area contributed by atoms with Crippen LogP contribution in [-0.2, 0) is 4.79 Å². The van der Waals surface area contributed by atoms with Gasteiger partial charge >= 0.3 is 0 Å². The zero-order chi connectivity index (χ0) is 19.9. The van der Waals surface area contributed by atoms with Crippen molar-refractivity contribution in [1.29, 1.82) is 0 Å². The molecule has 1 saturated heterocycles. The monoisotopic (exact) mass is 400 g/mol. The van der Waals surface area contributed by atoms with E-state index in [9.17, 15) is 9.59 Å². The molecule has 0 aromatic heterocycles. The van der Waals surface area contributed by atoms with Crippen molar-refractivity contribution in [2.45, 2.75) is 38.7 Å². The molecule has 0 aliphatic carbocycles. The van der Waals surface area contributed by atoms with E-state index in [-0.39, 0.29) is 11.8 Å². The Hall–Kier alpha value is -2.53. The number of hydrogen-bond acceptors (Lipinski definition) is 3. The number of benzene rings is 2. The van der Waals surface area contributed by atoms with Crippen LogP contribution in [0.5, 0.6) is 5.75 Å². The fourth-order valence-corrected chi connectivity index (χ4v) is 3.47. The Labute approximate surface area is 170 Å². The number of nitrogens with zero attached hydrogens (tertiary/aromatic N) is 1. The third-order valence-electron chi connectivity index (χ3n) is 4.80. The molecular weight excluding hydrogens is 376 g/mol. The Morgan fingerprint density at radius 3 is 2.57 bits per heavy atom. The predicted octanol–water partition coefficient (Wildman–Crippen LogP) is 4.76. The number of halogens is 1. The van der Waals surface area contributed by atoms with Gasteiger partial charge in [0.15, 0.2) is 6.10 Å². The number of anilines is 1. The van der Waals surface area contributed by atoms with E-state index < -0.39 is 6.10 Å². The number of nitrogens with one attached hydrogen (secondary N) is 1. The first-order valence-corrected chi connectivity index (χ1v) is 10.1. The molecule has 1 aliphatic heterocycles. The zero-order valence-corrected chi connectivity index (χ0v) is 16.7. The molecule has 3 rings (SSSR count). The maximum atomic E-state index is 12.9. The summed E-state index contributed by atoms with van der Waals surface area (Å²) >= 11 is 5.99. The van der Waals surface area contributed by atoms with Gasteiger partial charge < -0.3 is 15.0 Å². The molecule has 1 N–H and O–H groups in total. The van der Waals surface area contributed by atoms with Crippen LogP contribution in [-0.4, -0.2) is 35.9 Å². The summed E-state index contributed by atoms with van der Waals surface area (Å²) in [6, 6.07) is 14.1. The van der Waals surface area contributed by atoms with Gasteiger partial charge in [-0.15, -0.1) is 0 Å². The Morgan fingerprint density at radius 1 is 1.11 bits per heavy atom. The second-order valence-electron chi connectivity index (χ2n) is 6.86. The van der Waals surface area contributed by atoms with Crippen LogP contribution in [0.1, 0.15) is 43.0 Å². The largest absolute Gasteiger partial charge is 0.481 e. The molecule has 0 saturated carbocycles. The lowest BCUT2D eigenvalue weighted by molar-refractivity contribution is -0.122. The van der Waals surface area contributed by atoms with Gasteiger partial charge in [-0.3, -0.25) is 9.59 Å². The summed E-state index contributed by atoms with van der Waals surface area (Å²) in [6.45, 7) is 3.40. The number of carbonyl (C=O) groups is 2. The van der Waals surface area contributed by atoms with Gasteiger partial charge in [0.05, 0.1) is 11.3 Å². The number of ether oxygens (including phenoxy) is 1. The molecular formula is C22H25ClN2O3. The van der Waals surface area contributed by atoms with Gasteiger partial charge in [-0.25, -0.2) is 0 Å². The van der Waals surface area contributed by atoms with Crippen LogP contribution in [0.3, 0.4) is 0 Å². The quantitative estimate of drug-likeness (QED) is 0.760. The average Bonchev–Trinajstić information content (AvgIpc) is 2.72. The van der Waals surface area contributed by atoms with Gasteiger partial charge in [-0.05, 0) is 56.0 Å². The number of para-hydroxylation sites is 1. The van der Waals surface area contributed by atoms with E-state index in [1.54, 1.807) is 42.5 Å². The van der Waals surface area contributed by atoms with Gasteiger partial charge in [0, 0.05) is 18.1 Å². The first-order valence-electron chi connectivity index (χ1n) is 9.70. The van der Waals surface area contributed by atoms with E-state index in [1.165, 1.54) is 0 Å². The van der Waals surface area contributed by atoms with Crippen LogP contribution in [0.4, 0.5) is 5.69 Å². The van der Waals surface area contributed by atoms with Crippen molar-refractivity contribution in [2.75, 3.05) is 18.4 Å². The van der Waals surface area contributed by atoms with Gasteiger partial charge in [0.2, 0.25) is 0 Å². The molecule has 5 nitrogen and oxygen atoms in total. The molecule has 2 amide bonds. The maximum absolute atomic E-state index is 12.9. The van der Waals surface area contributed by atoms with Crippen LogP contribution < -0.4 is 10.1 Å². The third-order valence-corrected chi connectivity index (χ3v) is 5.03. The molecule has 28 heavy (non-hydrogen) atoms. The first-order chi connectivity index (χ1) is 13.6. The molecule has 148 valence electrons. The second-order valence-corrected chi connectivity index (χ2v) is 7.30. The van der Waals surface area contributed by atoms with Gasteiger partial charge in [-0.1, -0.05) is 36.7 Å². The Bertz CT molecular complexity index is 834. The van der Waals surface area contributed by atoms with Crippen molar-refractivity contribution in [1.82, 2.24) is 4.90 Å². The van der Waals surface area contributed by atoms with Crippen LogP contribution >= 0.6 is 11.6 Å². The maximum Gasteiger partial charge on any atom is 0.265 e. The second kappa shape index (κ2) is 9.60. The molecule has 0 spiro atoms. The summed E-state index contributed by atoms with van der Waals surface area (Å²) in [5.41, 5.74) is 1.02. The highest BCUT2D eigenvalue weighted by Crippen LogP contribution is 2.22. The smallest absolute Gasteiger partial charge is 0.265 e. The number of piperidine rings is 1. The molecule has 1 fully saturated rings. The summed E-state index contributed by atoms with van der Waals surface area (Å²) in [6.07, 6.45) is 3.00. The van der Waals surface area contributed by atoms with E-state index in [0.29, 0.717) is 28.4 Å². The van der Waals surface area contributed by atoms with E-state index in [4.69, 9.17) is 16.3 Å². The summed E-state index contributed by atoms with van der Waals surface area (Å²) < 4.78 is 5.80. The van der Waals surface area contributed by atoms with Crippen LogP contribution in [0, 0.1) is 0 Å². The highest BCUT2D eigenvalue weighted by Gasteiger charge is 2.24. The molecule has 1 aliphatic rings. The minimum absolute atomic E-state index is 0.0422. The van der Waals surface area contributed by atoms with Crippen molar-refractivity contribution in [3.05, 3.63) is 59.1 Å². The van der Waals surface area contributed by atoms with Crippen molar-refractivity contribution in [2.24, 2.45) is 0 Å². The lowest BCUT2D eigenvalue weighted by Crippen LogP contribution is -2.37. The molecule has 1 heterocycles. The Balaban J connectivity index is 1.73. The number of likely N-dealkylation sites (tertiary alicyclic amines) is 1. The lowest BCUT2D eigenvalue weighted by Gasteiger charge is -2.27. The van der Waals surface area contributed by atoms with E-state index in [1.807, 2.05) is 17.9 Å². The number of rotatable bonds is 6. The summed E-state index contributed by atoms with van der Waals surface area (Å²) in [5, 5.41) is 3.42. The fraction of sp³-hybridized carbons (Fsp3) is 0.364. The first kappa shape index (κ1) is 20.2. The van der Waals surface area contributed by atoms with Crippen LogP contribution in [0.25, 0.3) is 0 Å². The number of amides is 2. The predicted molar refractivity (Wildman–Crippen MR) is 111 cm³/mol. The minimum atomic E-state index is -0.684. The lowest BCUT2D eigenvalue weighted by atomic mass is 10.1. The highest BCUT2D eigenvalue weighted by atomic mass is 35.5. The van der Waals surface area contributed by atoms with Crippen molar-refractivity contribution in [3.63, 3.8) is 0 Å². The van der Waals surface area contributed by atoms with E-state index >= 15 is 0 Å². The molecule has 1 unspecified atom stereocenters. The Morgan fingerprint density at radius 2 is 1.86 bits per heavy atom. The molecule has 2 aromatic rings. The average molecular weight is 401 g/mol. The zero-order valence-electron chi connectivity index (χ0n) is 16.0. The highest BCUT2D eigenvalue weighted by molar-refractivity contribution is 6.30. The molecule has 1 atom stereocenters. The minimum Gasteiger partial charge on any atom is -0.481 e. The van der Waals surface area contributed by atoms with Gasteiger partial charge in [0.25, 0.3) is 11.8 Å². The molecule has 2 aromatic carbocycles. The number of carbonyl (C=O) groups excluding carboxylic acids is 2. The fourth-order valence-electron chi connectivity index (χ4n) is 3.29. The van der Waals surface area contributed by atoms with Crippen LogP contribution in [0.15, 0.2) is 48.5 Å². The standard InChI is InChI=1S/C22H25ClN2O3/c1-2-20(28-17-10-8-9-16(23)15-17)21(26)24-19-12-5-4-11-18(19)22(27)25-13-6-3-7-14-25/h4-5,8-12,15,20H,2-3,6-7,13-14H2,1H3,(H,24,26). The number of hydrogen-bond donors (Lipinski definition) is 1. The summed E-state index contributed by atoms with van der Waals surface area (Å²) in [7, 11) is 0. The van der Waals surface area contributed by atoms with Crippen molar-refractivity contribution >= 4 is 29.1 Å². The van der Waals surface area contributed by atoms with Crippen molar-refractivity contribution in [3.8, 4) is 5.75 Å². The topological polar surface area (TPSA) is 58.6 Å². The van der Waals surface area contributed by atoms with Crippen molar-refractivity contribution < 1.29 is 14.3 Å². The molecule has 6 heteroatoms. The third kappa shape index (κ3) is 5.04. The SMILES string of the molecule is CCC(Oc1cccc(Cl)c1)C(=O)Nc1ccccc1C(=O)N1CCCCC1. The van der Waals surface area contributed by atoms with Crippen LogP contribution in [0.2, 0.25) is 5.02 Å². The van der Waals surface area contributed by atoms with E-state index in [0.717, 1.165) is 32.4 Å². The molecule has 0 bridgehead atoms. The summed E-state index contributed by atoms with van der Waals surface area (Å²) in [5.74, 6) is 0.202. The van der Waals surface area contributed by atoms with Gasteiger partial charge in [0.1, 0.15) is 5.75 Å². The Kier molecular flexibility index (Phi) is 6.93. The summed E-state index contributed by atoms with van der Waals surface area (Å²) in [4.78, 5) is 27.5. The van der Waals surface area contributed by atoms with Gasteiger partial charge in [-0.2, -0.15) is 0 Å². The van der Waals surface area contributed by atoms with E-state index in [2.05, 4.69) is 5.32 Å². The molecule has 0 radical (unpaired) electrons. The normalized spacial score (nSPS) is 15.0.